The average molecular weight is 1290 g/mol. The number of ether oxygens (including phenoxy) is 3. The number of amides is 1. The van der Waals surface area contributed by atoms with E-state index in [2.05, 4.69) is 31.8 Å². The number of carbonyl (C=O) groups is 7. The summed E-state index contributed by atoms with van der Waals surface area (Å²) in [4.78, 5) is 110. The highest BCUT2D eigenvalue weighted by atomic mass is 35.5. The van der Waals surface area contributed by atoms with Crippen LogP contribution in [0.4, 0.5) is 24.5 Å². The summed E-state index contributed by atoms with van der Waals surface area (Å²) in [6.45, 7) is 7.24. The molecule has 83 heavy (non-hydrogen) atoms. The average Bonchev–Trinajstić information content (AvgIpc) is 3.59. The number of carboxylic acids is 2. The highest BCUT2D eigenvalue weighted by molar-refractivity contribution is 7.94. The second kappa shape index (κ2) is 34.7. The Kier molecular flexibility index (Phi) is 31.4. The van der Waals surface area contributed by atoms with Gasteiger partial charge in [-0.15, -0.1) is 11.6 Å². The highest BCUT2D eigenvalue weighted by Crippen LogP contribution is 2.38. The fourth-order valence-electron chi connectivity index (χ4n) is 6.97. The molecule has 3 atom stereocenters. The van der Waals surface area contributed by atoms with Gasteiger partial charge >= 0.3 is 24.1 Å². The van der Waals surface area contributed by atoms with Crippen LogP contribution in [0.2, 0.25) is 10.0 Å². The first-order chi connectivity index (χ1) is 38.3. The minimum absolute atomic E-state index is 0.0223. The van der Waals surface area contributed by atoms with Gasteiger partial charge in [-0.05, 0) is 104 Å². The zero-order chi connectivity index (χ0) is 63.9. The molecule has 0 heterocycles. The Morgan fingerprint density at radius 2 is 1.53 bits per heavy atom. The van der Waals surface area contributed by atoms with Crippen LogP contribution in [0.5, 0.6) is 11.5 Å². The number of hydrogen-bond acceptors (Lipinski definition) is 17. The second-order valence-corrected chi connectivity index (χ2v) is 25.2. The van der Waals surface area contributed by atoms with Gasteiger partial charge < -0.3 is 43.7 Å². The lowest BCUT2D eigenvalue weighted by molar-refractivity contribution is -0.385. The van der Waals surface area contributed by atoms with E-state index in [1.54, 1.807) is 12.0 Å². The number of carbonyl (C=O) groups excluding carboxylic acids is 5. The molecule has 0 spiro atoms. The van der Waals surface area contributed by atoms with Crippen molar-refractivity contribution in [1.82, 2.24) is 5.32 Å². The van der Waals surface area contributed by atoms with Gasteiger partial charge in [0.15, 0.2) is 33.3 Å². The molecule has 31 heteroatoms. The van der Waals surface area contributed by atoms with Crippen molar-refractivity contribution in [3.05, 3.63) is 121 Å². The number of carboxylic acid groups (broad SMARTS) is 2. The van der Waals surface area contributed by atoms with E-state index in [1.807, 2.05) is 31.3 Å². The normalized spacial score (nSPS) is 13.8. The number of ketones is 3. The van der Waals surface area contributed by atoms with E-state index in [0.717, 1.165) is 72.8 Å². The number of halogens is 6. The van der Waals surface area contributed by atoms with E-state index >= 15 is 0 Å². The Labute approximate surface area is 494 Å². The number of para-hydroxylation sites is 1. The zero-order valence-electron chi connectivity index (χ0n) is 46.1. The first-order valence-corrected chi connectivity index (χ1v) is 31.5. The van der Waals surface area contributed by atoms with Gasteiger partial charge in [-0.3, -0.25) is 39.4 Å². The van der Waals surface area contributed by atoms with Gasteiger partial charge in [-0.25, -0.2) is 18.0 Å². The Morgan fingerprint density at radius 3 is 2.00 bits per heavy atom. The third kappa shape index (κ3) is 25.8. The number of aliphatic carboxylic acids is 2. The number of benzene rings is 4. The third-order valence-corrected chi connectivity index (χ3v) is 13.2. The number of Topliss-reactive ketones (excluding diaryl/α,β-unsaturated/α-hetero) is 3. The number of aryl methyl sites for hydroxylation is 2. The van der Waals surface area contributed by atoms with Gasteiger partial charge in [0.1, 0.15) is 30.9 Å². The minimum atomic E-state index is -4.56. The van der Waals surface area contributed by atoms with Gasteiger partial charge in [0.25, 0.3) is 5.69 Å². The van der Waals surface area contributed by atoms with Crippen LogP contribution in [0.25, 0.3) is 0 Å². The molecule has 1 aliphatic rings. The lowest BCUT2D eigenvalue weighted by atomic mass is 9.81. The van der Waals surface area contributed by atoms with E-state index in [0.29, 0.717) is 30.0 Å². The van der Waals surface area contributed by atoms with Crippen molar-refractivity contribution in [3.8, 4) is 11.5 Å². The molecule has 0 saturated heterocycles. The summed E-state index contributed by atoms with van der Waals surface area (Å²) in [5.41, 5.74) is 0.927. The quantitative estimate of drug-likeness (QED) is 0.0100. The summed E-state index contributed by atoms with van der Waals surface area (Å²) in [5, 5.41) is 29.6. The highest BCUT2D eigenvalue weighted by Gasteiger charge is 2.39. The molecular weight excluding hydrogens is 1230 g/mol. The number of hydrogen-bond donors (Lipinski definition) is 4. The number of nitrogens with zero attached hydrogens (tertiary/aromatic N) is 2. The molecule has 4 aromatic rings. The topological polar surface area (TPSA) is 341 Å². The number of methoxy groups -OCH3 is 1. The Morgan fingerprint density at radius 1 is 0.940 bits per heavy atom. The molecule has 0 bridgehead atoms. The van der Waals surface area contributed by atoms with Crippen molar-refractivity contribution in [2.75, 3.05) is 62.4 Å². The predicted molar refractivity (Wildman–Crippen MR) is 304 cm³/mol. The first-order valence-electron chi connectivity index (χ1n) is 24.1. The second-order valence-electron chi connectivity index (χ2n) is 18.0. The van der Waals surface area contributed by atoms with Crippen LogP contribution >= 0.6 is 42.4 Å². The van der Waals surface area contributed by atoms with E-state index in [1.165, 1.54) is 12.1 Å². The van der Waals surface area contributed by atoms with Gasteiger partial charge in [0.2, 0.25) is 5.91 Å². The number of nitro benzene ring substituents is 1. The van der Waals surface area contributed by atoms with E-state index in [-0.39, 0.29) is 62.7 Å². The van der Waals surface area contributed by atoms with Crippen LogP contribution in [-0.2, 0) is 71.3 Å². The van der Waals surface area contributed by atoms with Gasteiger partial charge in [0, 0.05) is 32.3 Å². The maximum Gasteiger partial charge on any atom is 0.416 e. The summed E-state index contributed by atoms with van der Waals surface area (Å²) < 4.78 is 86.2. The number of sulfone groups is 1. The minimum Gasteiger partial charge on any atom is -0.778 e. The predicted octanol–water partition coefficient (Wildman–Crippen LogP) is 8.38. The van der Waals surface area contributed by atoms with Crippen LogP contribution in [0.1, 0.15) is 77.4 Å². The standard InChI is InChI=1S/C17H11Cl2F3O5.C15H22ClNO2.C14H13NO7S.C3H8NO5P.C3H9S/c1-8(15(23)24)26-16(25)11-7-10(3-4-12(11)18)27-14-5-2-9(6-13(14)19)17(20,21)22;1-5-13-8-6-7-11(2)15(13)17(14(18)9-16)12(3)10-19-4;1-23(21,22)8-5-6-9(10(7-8)15(19)20)14(18)13-11(16)3-2-4-12(13)17;5-3(6)1-4-2-10(7,8)9;1-4(2)3/h2-8H,1H3,(H,23,24);6-8,12H,5,9-10H2,1-4H3;5-7,13H,2-4H2,1H3;4H,1-2H2,(H,5,6)(H2,7,8,9);1-3H3/q;;;;+1/p-1/t8-;;;;/m0..../s1. The van der Waals surface area contributed by atoms with Crippen molar-refractivity contribution in [3.63, 3.8) is 0 Å². The molecule has 0 radical (unpaired) electrons. The summed E-state index contributed by atoms with van der Waals surface area (Å²) in [6, 6.07) is 15.2. The maximum atomic E-state index is 12.7. The molecule has 1 amide bonds. The molecule has 1 saturated carbocycles. The molecule has 4 aromatic carbocycles. The molecule has 0 aromatic heterocycles. The van der Waals surface area contributed by atoms with Crippen molar-refractivity contribution in [2.24, 2.45) is 5.92 Å². The number of alkyl halides is 4. The molecule has 2 unspecified atom stereocenters. The molecule has 1 aliphatic carbocycles. The molecule has 0 aliphatic heterocycles. The zero-order valence-corrected chi connectivity index (χ0v) is 50.9. The fourth-order valence-corrected chi connectivity index (χ4v) is 8.54. The van der Waals surface area contributed by atoms with Crippen LogP contribution in [0.3, 0.4) is 0 Å². The van der Waals surface area contributed by atoms with Gasteiger partial charge in [-0.2, -0.15) is 13.2 Å². The van der Waals surface area contributed by atoms with Crippen LogP contribution in [0, 0.1) is 23.0 Å². The van der Waals surface area contributed by atoms with Crippen molar-refractivity contribution >= 4 is 116 Å². The summed E-state index contributed by atoms with van der Waals surface area (Å²) in [6.07, 6.45) is 2.16. The summed E-state index contributed by atoms with van der Waals surface area (Å²) in [5.74, 6) is -7.28. The number of nitro groups is 1. The molecule has 458 valence electrons. The maximum absolute atomic E-state index is 12.7. The van der Waals surface area contributed by atoms with Gasteiger partial charge in [-0.1, -0.05) is 48.3 Å². The Balaban J connectivity index is 0.000000564. The smallest absolute Gasteiger partial charge is 0.416 e. The Hall–Kier alpha value is -6.00. The SMILES string of the molecule is CCc1cccc(C)c1N(C(=O)CCl)C(C)COC.CS(=O)(=O)c1ccc(C(=O)C2C(=O)CCCC2=O)c([N+](=O)[O-])c1.C[C@H](OC(=O)c1cc(Oc2ccc(C(F)(F)F)cc2Cl)ccc1Cl)C(=O)O.C[S+](C)C.O=C(O)CNCP(=O)([O-])O. The number of esters is 1. The van der Waals surface area contributed by atoms with E-state index in [4.69, 9.17) is 64.1 Å². The molecular formula is C52H62Cl3F3N3O19PS2. The molecule has 1 fully saturated rings. The van der Waals surface area contributed by atoms with E-state index in [9.17, 15) is 74.7 Å². The fraction of sp³-hybridized carbons (Fsp3) is 0.404. The van der Waals surface area contributed by atoms with Crippen LogP contribution in [-0.4, -0.2) is 139 Å². The number of rotatable bonds is 19. The largest absolute Gasteiger partial charge is 0.778 e. The summed E-state index contributed by atoms with van der Waals surface area (Å²) in [7, 11) is -5.77. The van der Waals surface area contributed by atoms with Gasteiger partial charge in [0.05, 0.1) is 86.5 Å². The van der Waals surface area contributed by atoms with Crippen molar-refractivity contribution in [2.45, 2.75) is 76.6 Å². The van der Waals surface area contributed by atoms with Crippen LogP contribution in [0.15, 0.2) is 77.7 Å². The molecule has 4 N–H and O–H groups in total. The number of nitrogens with one attached hydrogen (secondary N) is 1. The van der Waals surface area contributed by atoms with Crippen molar-refractivity contribution < 1.29 is 98.8 Å². The Bertz CT molecular complexity index is 3110. The lowest BCUT2D eigenvalue weighted by Crippen LogP contribution is -2.43. The number of anilines is 1. The third-order valence-electron chi connectivity index (χ3n) is 10.7. The van der Waals surface area contributed by atoms with Crippen molar-refractivity contribution in [1.29, 1.82) is 0 Å². The lowest BCUT2D eigenvalue weighted by Gasteiger charge is -2.31. The summed E-state index contributed by atoms with van der Waals surface area (Å²) >= 11 is 17.5. The monoisotopic (exact) mass is 1290 g/mol. The molecule has 22 nitrogen and oxygen atoms in total. The molecule has 5 rings (SSSR count). The van der Waals surface area contributed by atoms with E-state index < -0.39 is 105 Å². The first kappa shape index (κ1) is 75.0. The van der Waals surface area contributed by atoms with Crippen LogP contribution < -0.4 is 19.8 Å².